The van der Waals surface area contributed by atoms with Gasteiger partial charge in [-0.05, 0) is 57.1 Å². The predicted octanol–water partition coefficient (Wildman–Crippen LogP) is 3.30. The van der Waals surface area contributed by atoms with Gasteiger partial charge in [0.05, 0.1) is 6.54 Å². The molecule has 0 saturated carbocycles. The fraction of sp³-hybridized carbons (Fsp3) is 0.667. The molecule has 0 radical (unpaired) electrons. The summed E-state index contributed by atoms with van der Waals surface area (Å²) in [5.41, 5.74) is 0. The first-order chi connectivity index (χ1) is 9.16. The second-order valence-electron chi connectivity index (χ2n) is 5.59. The van der Waals surface area contributed by atoms with E-state index in [1.807, 2.05) is 11.0 Å². The number of nitrogens with one attached hydrogen (secondary N) is 1. The van der Waals surface area contributed by atoms with Crippen LogP contribution >= 0.6 is 23.7 Å². The van der Waals surface area contributed by atoms with Crippen LogP contribution in [0.15, 0.2) is 17.5 Å². The SMILES string of the molecule is CC(C)N(Cc1cccs1)C(=O)CCC1CCNC1.Cl. The van der Waals surface area contributed by atoms with Crippen molar-refractivity contribution in [2.24, 2.45) is 5.92 Å². The number of nitrogens with zero attached hydrogens (tertiary/aromatic N) is 1. The highest BCUT2D eigenvalue weighted by molar-refractivity contribution is 7.09. The van der Waals surface area contributed by atoms with Crippen LogP contribution in [0, 0.1) is 5.92 Å². The standard InChI is InChI=1S/C15H24N2OS.ClH/c1-12(2)17(11-14-4-3-9-19-14)15(18)6-5-13-7-8-16-10-13;/h3-4,9,12-13,16H,5-8,10-11H2,1-2H3;1H. The molecule has 1 aromatic rings. The smallest absolute Gasteiger partial charge is 0.223 e. The topological polar surface area (TPSA) is 32.3 Å². The van der Waals surface area contributed by atoms with Crippen molar-refractivity contribution < 1.29 is 4.79 Å². The van der Waals surface area contributed by atoms with E-state index in [9.17, 15) is 4.79 Å². The van der Waals surface area contributed by atoms with Gasteiger partial charge in [0.25, 0.3) is 0 Å². The molecule has 2 heterocycles. The highest BCUT2D eigenvalue weighted by atomic mass is 35.5. The summed E-state index contributed by atoms with van der Waals surface area (Å²) in [5.74, 6) is 0.995. The highest BCUT2D eigenvalue weighted by Gasteiger charge is 2.20. The van der Waals surface area contributed by atoms with Crippen molar-refractivity contribution in [1.82, 2.24) is 10.2 Å². The van der Waals surface area contributed by atoms with Gasteiger partial charge in [-0.25, -0.2) is 0 Å². The Bertz CT molecular complexity index is 389. The van der Waals surface area contributed by atoms with Crippen LogP contribution in [-0.2, 0) is 11.3 Å². The molecule has 114 valence electrons. The van der Waals surface area contributed by atoms with E-state index in [0.717, 1.165) is 26.1 Å². The maximum atomic E-state index is 12.4. The van der Waals surface area contributed by atoms with E-state index in [0.29, 0.717) is 18.2 Å². The molecule has 0 aliphatic carbocycles. The monoisotopic (exact) mass is 316 g/mol. The summed E-state index contributed by atoms with van der Waals surface area (Å²) in [7, 11) is 0. The number of hydrogen-bond acceptors (Lipinski definition) is 3. The van der Waals surface area contributed by atoms with Gasteiger partial charge in [0.1, 0.15) is 0 Å². The van der Waals surface area contributed by atoms with Gasteiger partial charge in [-0.3, -0.25) is 4.79 Å². The molecule has 1 aromatic heterocycles. The van der Waals surface area contributed by atoms with Gasteiger partial charge in [-0.15, -0.1) is 23.7 Å². The Hall–Kier alpha value is -0.580. The lowest BCUT2D eigenvalue weighted by molar-refractivity contribution is -0.133. The molecular weight excluding hydrogens is 292 g/mol. The Morgan fingerprint density at radius 1 is 1.55 bits per heavy atom. The number of carbonyl (C=O) groups excluding carboxylic acids is 1. The Kier molecular flexibility index (Phi) is 7.56. The largest absolute Gasteiger partial charge is 0.335 e. The summed E-state index contributed by atoms with van der Waals surface area (Å²) in [4.78, 5) is 15.7. The highest BCUT2D eigenvalue weighted by Crippen LogP contribution is 2.18. The predicted molar refractivity (Wildman–Crippen MR) is 87.5 cm³/mol. The molecule has 5 heteroatoms. The van der Waals surface area contributed by atoms with Crippen molar-refractivity contribution in [1.29, 1.82) is 0 Å². The molecule has 0 bridgehead atoms. The molecule has 1 aliphatic rings. The van der Waals surface area contributed by atoms with Crippen molar-refractivity contribution in [3.63, 3.8) is 0 Å². The van der Waals surface area contributed by atoms with Crippen LogP contribution in [0.25, 0.3) is 0 Å². The minimum atomic E-state index is 0. The molecule has 0 spiro atoms. The quantitative estimate of drug-likeness (QED) is 0.873. The van der Waals surface area contributed by atoms with Crippen molar-refractivity contribution >= 4 is 29.7 Å². The molecule has 1 atom stereocenters. The summed E-state index contributed by atoms with van der Waals surface area (Å²) in [6.45, 7) is 7.16. The molecule has 3 nitrogen and oxygen atoms in total. The molecule has 1 saturated heterocycles. The summed E-state index contributed by atoms with van der Waals surface area (Å²) in [6.07, 6.45) is 2.94. The molecule has 0 aromatic carbocycles. The van der Waals surface area contributed by atoms with Crippen LogP contribution in [0.2, 0.25) is 0 Å². The van der Waals surface area contributed by atoms with Gasteiger partial charge in [0.15, 0.2) is 0 Å². The Labute approximate surface area is 132 Å². The number of hydrogen-bond donors (Lipinski definition) is 1. The lowest BCUT2D eigenvalue weighted by Crippen LogP contribution is -2.36. The van der Waals surface area contributed by atoms with Crippen molar-refractivity contribution in [3.8, 4) is 0 Å². The first-order valence-corrected chi connectivity index (χ1v) is 8.07. The second kappa shape index (κ2) is 8.65. The minimum absolute atomic E-state index is 0. The van der Waals surface area contributed by atoms with Crippen molar-refractivity contribution in [3.05, 3.63) is 22.4 Å². The zero-order valence-electron chi connectivity index (χ0n) is 12.3. The molecule has 1 amide bonds. The van der Waals surface area contributed by atoms with Gasteiger partial charge in [0.2, 0.25) is 5.91 Å². The van der Waals surface area contributed by atoms with Gasteiger partial charge >= 0.3 is 0 Å². The molecule has 1 aliphatic heterocycles. The number of thiophene rings is 1. The van der Waals surface area contributed by atoms with E-state index in [2.05, 4.69) is 30.6 Å². The molecule has 1 unspecified atom stereocenters. The van der Waals surface area contributed by atoms with E-state index >= 15 is 0 Å². The van der Waals surface area contributed by atoms with Crippen molar-refractivity contribution in [2.45, 2.75) is 45.7 Å². The van der Waals surface area contributed by atoms with Crippen LogP contribution in [-0.4, -0.2) is 29.9 Å². The molecule has 1 fully saturated rings. The van der Waals surface area contributed by atoms with E-state index in [1.54, 1.807) is 11.3 Å². The first kappa shape index (κ1) is 17.5. The zero-order chi connectivity index (χ0) is 13.7. The van der Waals surface area contributed by atoms with Crippen LogP contribution in [0.1, 0.15) is 38.0 Å². The molecular formula is C15H25ClN2OS. The normalized spacial score (nSPS) is 18.1. The van der Waals surface area contributed by atoms with Gasteiger partial charge in [-0.1, -0.05) is 6.07 Å². The first-order valence-electron chi connectivity index (χ1n) is 7.19. The number of halogens is 1. The Morgan fingerprint density at radius 3 is 2.90 bits per heavy atom. The lowest BCUT2D eigenvalue weighted by Gasteiger charge is -2.26. The summed E-state index contributed by atoms with van der Waals surface area (Å²) >= 11 is 1.73. The third-order valence-electron chi connectivity index (χ3n) is 3.78. The maximum absolute atomic E-state index is 12.4. The van der Waals surface area contributed by atoms with Crippen molar-refractivity contribution in [2.75, 3.05) is 13.1 Å². The average Bonchev–Trinajstić information content (AvgIpc) is 3.05. The maximum Gasteiger partial charge on any atom is 0.223 e. The molecule has 20 heavy (non-hydrogen) atoms. The van der Waals surface area contributed by atoms with E-state index in [4.69, 9.17) is 0 Å². The third-order valence-corrected chi connectivity index (χ3v) is 4.64. The lowest BCUT2D eigenvalue weighted by atomic mass is 10.0. The summed E-state index contributed by atoms with van der Waals surface area (Å²) in [6, 6.07) is 4.43. The Balaban J connectivity index is 0.00000200. The van der Waals surface area contributed by atoms with Crippen LogP contribution in [0.3, 0.4) is 0 Å². The van der Waals surface area contributed by atoms with Gasteiger partial charge in [-0.2, -0.15) is 0 Å². The summed E-state index contributed by atoms with van der Waals surface area (Å²) in [5, 5.41) is 5.43. The van der Waals surface area contributed by atoms with Crippen LogP contribution in [0.5, 0.6) is 0 Å². The van der Waals surface area contributed by atoms with Crippen LogP contribution < -0.4 is 5.32 Å². The zero-order valence-corrected chi connectivity index (χ0v) is 13.9. The third kappa shape index (κ3) is 5.08. The average molecular weight is 317 g/mol. The van der Waals surface area contributed by atoms with Gasteiger partial charge < -0.3 is 10.2 Å². The fourth-order valence-corrected chi connectivity index (χ4v) is 3.26. The van der Waals surface area contributed by atoms with E-state index in [1.165, 1.54) is 11.3 Å². The minimum Gasteiger partial charge on any atom is -0.335 e. The fourth-order valence-electron chi connectivity index (χ4n) is 2.56. The summed E-state index contributed by atoms with van der Waals surface area (Å²) < 4.78 is 0. The van der Waals surface area contributed by atoms with E-state index < -0.39 is 0 Å². The van der Waals surface area contributed by atoms with Crippen LogP contribution in [0.4, 0.5) is 0 Å². The number of amides is 1. The Morgan fingerprint density at radius 2 is 2.35 bits per heavy atom. The van der Waals surface area contributed by atoms with E-state index in [-0.39, 0.29) is 18.4 Å². The molecule has 1 N–H and O–H groups in total. The number of rotatable bonds is 6. The molecule has 2 rings (SSSR count). The van der Waals surface area contributed by atoms with Gasteiger partial charge in [0, 0.05) is 17.3 Å². The second-order valence-corrected chi connectivity index (χ2v) is 6.62. The number of carbonyl (C=O) groups is 1.